The van der Waals surface area contributed by atoms with Gasteiger partial charge < -0.3 is 20.5 Å². The van der Waals surface area contributed by atoms with Crippen LogP contribution in [0.15, 0.2) is 48.8 Å². The predicted octanol–water partition coefficient (Wildman–Crippen LogP) is 3.93. The summed E-state index contributed by atoms with van der Waals surface area (Å²) in [6, 6.07) is 10.9. The van der Waals surface area contributed by atoms with Crippen LogP contribution >= 0.6 is 0 Å². The lowest BCUT2D eigenvalue weighted by molar-refractivity contribution is -0.137. The SMILES string of the molecule is CN(Cc1ccccc1)C(=O)c1cc(-c2nc(NC3CCCNC3)ncc2C(F)(F)F)c[nH]1. The lowest BCUT2D eigenvalue weighted by Gasteiger charge is -2.24. The van der Waals surface area contributed by atoms with Gasteiger partial charge in [0.25, 0.3) is 5.91 Å². The molecular formula is C23H25F3N6O. The second-order valence-electron chi connectivity index (χ2n) is 8.09. The smallest absolute Gasteiger partial charge is 0.357 e. The molecule has 0 radical (unpaired) electrons. The number of amides is 1. The molecule has 1 unspecified atom stereocenters. The maximum absolute atomic E-state index is 13.7. The number of benzene rings is 1. The van der Waals surface area contributed by atoms with Crippen LogP contribution < -0.4 is 10.6 Å². The monoisotopic (exact) mass is 458 g/mol. The molecule has 3 aromatic rings. The summed E-state index contributed by atoms with van der Waals surface area (Å²) < 4.78 is 41.0. The average molecular weight is 458 g/mol. The molecule has 1 fully saturated rings. The molecule has 1 aliphatic rings. The highest BCUT2D eigenvalue weighted by Gasteiger charge is 2.36. The first-order chi connectivity index (χ1) is 15.8. The van der Waals surface area contributed by atoms with Gasteiger partial charge in [0.2, 0.25) is 5.95 Å². The first-order valence-corrected chi connectivity index (χ1v) is 10.7. The number of halogens is 3. The molecule has 33 heavy (non-hydrogen) atoms. The average Bonchev–Trinajstić information content (AvgIpc) is 3.29. The third-order valence-electron chi connectivity index (χ3n) is 5.52. The summed E-state index contributed by atoms with van der Waals surface area (Å²) in [4.78, 5) is 25.2. The van der Waals surface area contributed by atoms with Crippen molar-refractivity contribution in [3.63, 3.8) is 0 Å². The van der Waals surface area contributed by atoms with Crippen LogP contribution in [0.1, 0.15) is 34.5 Å². The largest absolute Gasteiger partial charge is 0.419 e. The number of rotatable bonds is 6. The molecule has 3 heterocycles. The first-order valence-electron chi connectivity index (χ1n) is 10.7. The van der Waals surface area contributed by atoms with Crippen LogP contribution in [0.25, 0.3) is 11.3 Å². The van der Waals surface area contributed by atoms with Crippen molar-refractivity contribution < 1.29 is 18.0 Å². The molecule has 1 amide bonds. The third-order valence-corrected chi connectivity index (χ3v) is 5.52. The topological polar surface area (TPSA) is 85.9 Å². The number of piperidine rings is 1. The Labute approximate surface area is 189 Å². The molecule has 0 saturated carbocycles. The Morgan fingerprint density at radius 1 is 1.27 bits per heavy atom. The zero-order valence-corrected chi connectivity index (χ0v) is 18.1. The van der Waals surface area contributed by atoms with Gasteiger partial charge in [-0.25, -0.2) is 9.97 Å². The van der Waals surface area contributed by atoms with Crippen molar-refractivity contribution in [3.8, 4) is 11.3 Å². The quantitative estimate of drug-likeness (QED) is 0.521. The van der Waals surface area contributed by atoms with E-state index in [9.17, 15) is 18.0 Å². The molecular weight excluding hydrogens is 433 g/mol. The summed E-state index contributed by atoms with van der Waals surface area (Å²) in [5, 5.41) is 6.34. The number of nitrogens with zero attached hydrogens (tertiary/aromatic N) is 3. The Kier molecular flexibility index (Phi) is 6.64. The number of carbonyl (C=O) groups is 1. The lowest BCUT2D eigenvalue weighted by Crippen LogP contribution is -2.38. The van der Waals surface area contributed by atoms with Gasteiger partial charge in [-0.05, 0) is 31.0 Å². The van der Waals surface area contributed by atoms with Gasteiger partial charge in [0.05, 0.1) is 5.69 Å². The van der Waals surface area contributed by atoms with Crippen molar-refractivity contribution in [2.45, 2.75) is 31.6 Å². The van der Waals surface area contributed by atoms with Gasteiger partial charge in [-0.3, -0.25) is 4.79 Å². The highest BCUT2D eigenvalue weighted by atomic mass is 19.4. The fraction of sp³-hybridized carbons (Fsp3) is 0.348. The molecule has 7 nitrogen and oxygen atoms in total. The van der Waals surface area contributed by atoms with E-state index in [0.29, 0.717) is 13.1 Å². The van der Waals surface area contributed by atoms with Crippen LogP contribution in [-0.2, 0) is 12.7 Å². The number of aromatic amines is 1. The van der Waals surface area contributed by atoms with E-state index in [-0.39, 0.29) is 34.8 Å². The molecule has 1 atom stereocenters. The zero-order valence-electron chi connectivity index (χ0n) is 18.1. The van der Waals surface area contributed by atoms with Crippen LogP contribution in [-0.4, -0.2) is 51.9 Å². The van der Waals surface area contributed by atoms with Gasteiger partial charge in [0.1, 0.15) is 11.3 Å². The van der Waals surface area contributed by atoms with Crippen molar-refractivity contribution in [1.82, 2.24) is 25.2 Å². The number of anilines is 1. The van der Waals surface area contributed by atoms with E-state index in [2.05, 4.69) is 25.6 Å². The zero-order chi connectivity index (χ0) is 23.4. The molecule has 1 aromatic carbocycles. The van der Waals surface area contributed by atoms with E-state index in [1.165, 1.54) is 17.2 Å². The molecule has 1 saturated heterocycles. The number of H-pyrrole nitrogens is 1. The van der Waals surface area contributed by atoms with Crippen molar-refractivity contribution in [3.05, 3.63) is 65.6 Å². The number of hydrogen-bond acceptors (Lipinski definition) is 5. The number of hydrogen-bond donors (Lipinski definition) is 3. The summed E-state index contributed by atoms with van der Waals surface area (Å²) in [7, 11) is 1.64. The summed E-state index contributed by atoms with van der Waals surface area (Å²) in [6.45, 7) is 1.98. The Balaban J connectivity index is 1.58. The van der Waals surface area contributed by atoms with Gasteiger partial charge in [-0.2, -0.15) is 13.2 Å². The van der Waals surface area contributed by atoms with Gasteiger partial charge in [0.15, 0.2) is 0 Å². The molecule has 1 aliphatic heterocycles. The minimum atomic E-state index is -4.63. The maximum atomic E-state index is 13.7. The Hall–Kier alpha value is -3.40. The van der Waals surface area contributed by atoms with E-state index in [4.69, 9.17) is 0 Å². The summed E-state index contributed by atoms with van der Waals surface area (Å²) >= 11 is 0. The fourth-order valence-electron chi connectivity index (χ4n) is 3.83. The minimum Gasteiger partial charge on any atom is -0.357 e. The van der Waals surface area contributed by atoms with Crippen molar-refractivity contribution in [1.29, 1.82) is 0 Å². The highest BCUT2D eigenvalue weighted by Crippen LogP contribution is 2.36. The molecule has 174 valence electrons. The Bertz CT molecular complexity index is 1090. The van der Waals surface area contributed by atoms with Crippen molar-refractivity contribution in [2.24, 2.45) is 0 Å². The first kappa shape index (κ1) is 22.8. The van der Waals surface area contributed by atoms with Crippen LogP contribution in [0, 0.1) is 0 Å². The van der Waals surface area contributed by atoms with E-state index in [0.717, 1.165) is 31.1 Å². The number of aromatic nitrogens is 3. The molecule has 0 aliphatic carbocycles. The van der Waals surface area contributed by atoms with Crippen molar-refractivity contribution >= 4 is 11.9 Å². The molecule has 0 spiro atoms. The van der Waals surface area contributed by atoms with Crippen LogP contribution in [0.5, 0.6) is 0 Å². The molecule has 10 heteroatoms. The third kappa shape index (κ3) is 5.51. The van der Waals surface area contributed by atoms with Crippen LogP contribution in [0.3, 0.4) is 0 Å². The lowest BCUT2D eigenvalue weighted by atomic mass is 10.1. The standard InChI is InChI=1S/C23H25F3N6O/c1-32(14-15-6-3-2-4-7-15)21(33)19-10-16(11-28-19)20-18(23(24,25)26)13-29-22(31-20)30-17-8-5-9-27-12-17/h2-4,6-7,10-11,13,17,27-28H,5,8-9,12,14H2,1H3,(H,29,30,31). The molecule has 3 N–H and O–H groups in total. The predicted molar refractivity (Wildman–Crippen MR) is 119 cm³/mol. The maximum Gasteiger partial charge on any atom is 0.419 e. The molecule has 0 bridgehead atoms. The normalized spacial score (nSPS) is 16.4. The minimum absolute atomic E-state index is 0.0401. The van der Waals surface area contributed by atoms with Crippen molar-refractivity contribution in [2.75, 3.05) is 25.5 Å². The Morgan fingerprint density at radius 2 is 2.06 bits per heavy atom. The number of nitrogens with one attached hydrogen (secondary N) is 3. The van der Waals surface area contributed by atoms with Gasteiger partial charge in [-0.1, -0.05) is 30.3 Å². The van der Waals surface area contributed by atoms with E-state index in [1.54, 1.807) is 7.05 Å². The van der Waals surface area contributed by atoms with E-state index < -0.39 is 11.7 Å². The summed E-state index contributed by atoms with van der Waals surface area (Å²) in [6.07, 6.45) is -0.635. The van der Waals surface area contributed by atoms with Gasteiger partial charge >= 0.3 is 6.18 Å². The second kappa shape index (κ2) is 9.62. The van der Waals surface area contributed by atoms with Crippen LogP contribution in [0.2, 0.25) is 0 Å². The Morgan fingerprint density at radius 3 is 2.76 bits per heavy atom. The van der Waals surface area contributed by atoms with Crippen LogP contribution in [0.4, 0.5) is 19.1 Å². The highest BCUT2D eigenvalue weighted by molar-refractivity contribution is 5.93. The second-order valence-corrected chi connectivity index (χ2v) is 8.09. The molecule has 4 rings (SSSR count). The molecule has 2 aromatic heterocycles. The van der Waals surface area contributed by atoms with E-state index in [1.807, 2.05) is 30.3 Å². The van der Waals surface area contributed by atoms with Gasteiger partial charge in [-0.15, -0.1) is 0 Å². The number of carbonyl (C=O) groups excluding carboxylic acids is 1. The van der Waals surface area contributed by atoms with Gasteiger partial charge in [0, 0.05) is 44.1 Å². The van der Waals surface area contributed by atoms with E-state index >= 15 is 0 Å². The number of alkyl halides is 3. The summed E-state index contributed by atoms with van der Waals surface area (Å²) in [5.74, 6) is -0.207. The summed E-state index contributed by atoms with van der Waals surface area (Å²) in [5.41, 5.74) is 0.0746. The fourth-order valence-corrected chi connectivity index (χ4v) is 3.83.